The summed E-state index contributed by atoms with van der Waals surface area (Å²) in [7, 11) is -3.22. The molecule has 0 aliphatic carbocycles. The maximum Gasteiger partial charge on any atom is 0.281 e. The van der Waals surface area contributed by atoms with E-state index in [1.165, 1.54) is 0 Å². The molecule has 5 nitrogen and oxygen atoms in total. The van der Waals surface area contributed by atoms with E-state index in [9.17, 15) is 8.42 Å². The molecule has 106 valence electrons. The van der Waals surface area contributed by atoms with E-state index in [-0.39, 0.29) is 6.10 Å². The SMILES string of the molecule is O=S(=O)(N1CCCC1)N1CCC(OCCCl)CC1. The predicted octanol–water partition coefficient (Wildman–Crippen LogP) is 1.05. The van der Waals surface area contributed by atoms with E-state index in [4.69, 9.17) is 16.3 Å². The third-order valence-electron chi connectivity index (χ3n) is 3.55. The summed E-state index contributed by atoms with van der Waals surface area (Å²) in [5.41, 5.74) is 0. The molecular formula is C11H21ClN2O3S. The highest BCUT2D eigenvalue weighted by atomic mass is 35.5. The van der Waals surface area contributed by atoms with E-state index in [1.54, 1.807) is 8.61 Å². The van der Waals surface area contributed by atoms with Gasteiger partial charge in [0.05, 0.1) is 12.7 Å². The minimum atomic E-state index is -3.22. The van der Waals surface area contributed by atoms with Crippen LogP contribution < -0.4 is 0 Å². The van der Waals surface area contributed by atoms with E-state index in [1.807, 2.05) is 0 Å². The van der Waals surface area contributed by atoms with Gasteiger partial charge in [0.1, 0.15) is 0 Å². The van der Waals surface area contributed by atoms with E-state index in [0.29, 0.717) is 38.7 Å². The molecule has 2 saturated heterocycles. The minimum absolute atomic E-state index is 0.161. The van der Waals surface area contributed by atoms with Crippen molar-refractivity contribution in [3.63, 3.8) is 0 Å². The van der Waals surface area contributed by atoms with Crippen LogP contribution in [0.1, 0.15) is 25.7 Å². The quantitative estimate of drug-likeness (QED) is 0.713. The highest BCUT2D eigenvalue weighted by Gasteiger charge is 2.34. The summed E-state index contributed by atoms with van der Waals surface area (Å²) in [6, 6.07) is 0. The van der Waals surface area contributed by atoms with Gasteiger partial charge in [-0.05, 0) is 25.7 Å². The van der Waals surface area contributed by atoms with Gasteiger partial charge in [0.2, 0.25) is 0 Å². The number of piperidine rings is 1. The molecule has 0 atom stereocenters. The van der Waals surface area contributed by atoms with Crippen molar-refractivity contribution in [3.8, 4) is 0 Å². The Morgan fingerprint density at radius 1 is 1.06 bits per heavy atom. The average Bonchev–Trinajstić information content (AvgIpc) is 2.91. The maximum absolute atomic E-state index is 12.3. The molecule has 0 spiro atoms. The number of hydrogen-bond donors (Lipinski definition) is 0. The monoisotopic (exact) mass is 296 g/mol. The topological polar surface area (TPSA) is 49.9 Å². The van der Waals surface area contributed by atoms with Crippen LogP contribution in [0.15, 0.2) is 0 Å². The fourth-order valence-electron chi connectivity index (χ4n) is 2.52. The van der Waals surface area contributed by atoms with Crippen LogP contribution in [-0.4, -0.2) is 61.8 Å². The molecule has 0 saturated carbocycles. The van der Waals surface area contributed by atoms with Gasteiger partial charge in [-0.1, -0.05) is 0 Å². The smallest absolute Gasteiger partial charge is 0.281 e. The predicted molar refractivity (Wildman–Crippen MR) is 71.0 cm³/mol. The van der Waals surface area contributed by atoms with Crippen LogP contribution in [-0.2, 0) is 14.9 Å². The van der Waals surface area contributed by atoms with Crippen LogP contribution in [0.3, 0.4) is 0 Å². The Hall–Kier alpha value is 0.120. The maximum atomic E-state index is 12.3. The lowest BCUT2D eigenvalue weighted by Crippen LogP contribution is -2.47. The van der Waals surface area contributed by atoms with E-state index >= 15 is 0 Å². The molecule has 0 aromatic rings. The minimum Gasteiger partial charge on any atom is -0.377 e. The number of halogens is 1. The Morgan fingerprint density at radius 2 is 1.61 bits per heavy atom. The zero-order valence-electron chi connectivity index (χ0n) is 10.6. The first-order chi connectivity index (χ1) is 8.64. The molecule has 18 heavy (non-hydrogen) atoms. The molecule has 0 aromatic heterocycles. The summed E-state index contributed by atoms with van der Waals surface area (Å²) < 4.78 is 33.3. The van der Waals surface area contributed by atoms with Crippen molar-refractivity contribution in [1.29, 1.82) is 0 Å². The summed E-state index contributed by atoms with van der Waals surface area (Å²) in [5.74, 6) is 0.492. The highest BCUT2D eigenvalue weighted by Crippen LogP contribution is 2.21. The molecule has 2 heterocycles. The lowest BCUT2D eigenvalue weighted by atomic mass is 10.1. The number of alkyl halides is 1. The molecule has 7 heteroatoms. The van der Waals surface area contributed by atoms with Crippen LogP contribution in [0.5, 0.6) is 0 Å². The Balaban J connectivity index is 1.85. The summed E-state index contributed by atoms with van der Waals surface area (Å²) in [5, 5.41) is 0. The molecule has 0 aromatic carbocycles. The Kier molecular flexibility index (Phi) is 5.26. The van der Waals surface area contributed by atoms with Crippen molar-refractivity contribution < 1.29 is 13.2 Å². The highest BCUT2D eigenvalue weighted by molar-refractivity contribution is 7.86. The molecule has 0 radical (unpaired) electrons. The number of rotatable bonds is 5. The first-order valence-electron chi connectivity index (χ1n) is 6.57. The van der Waals surface area contributed by atoms with Crippen molar-refractivity contribution in [2.24, 2.45) is 0 Å². The van der Waals surface area contributed by atoms with Crippen molar-refractivity contribution in [2.45, 2.75) is 31.8 Å². The molecule has 2 fully saturated rings. The standard InChI is InChI=1S/C11H21ClN2O3S/c12-5-10-17-11-3-8-14(9-4-11)18(15,16)13-6-1-2-7-13/h11H,1-10H2. The molecule has 2 aliphatic heterocycles. The van der Waals surface area contributed by atoms with Gasteiger partial charge in [0.15, 0.2) is 0 Å². The second-order valence-corrected chi connectivity index (χ2v) is 7.08. The second kappa shape index (κ2) is 6.52. The zero-order valence-corrected chi connectivity index (χ0v) is 12.1. The van der Waals surface area contributed by atoms with Crippen LogP contribution in [0, 0.1) is 0 Å². The summed E-state index contributed by atoms with van der Waals surface area (Å²) >= 11 is 5.57. The molecule has 0 amide bonds. The van der Waals surface area contributed by atoms with Gasteiger partial charge in [-0.2, -0.15) is 17.0 Å². The first kappa shape index (κ1) is 14.5. The molecule has 2 aliphatic rings. The van der Waals surface area contributed by atoms with Crippen molar-refractivity contribution in [3.05, 3.63) is 0 Å². The molecule has 0 N–H and O–H groups in total. The number of ether oxygens (including phenoxy) is 1. The van der Waals surface area contributed by atoms with Crippen LogP contribution in [0.4, 0.5) is 0 Å². The third kappa shape index (κ3) is 3.36. The number of nitrogens with zero attached hydrogens (tertiary/aromatic N) is 2. The van der Waals surface area contributed by atoms with Gasteiger partial charge in [0.25, 0.3) is 10.2 Å². The van der Waals surface area contributed by atoms with Gasteiger partial charge >= 0.3 is 0 Å². The van der Waals surface area contributed by atoms with Gasteiger partial charge < -0.3 is 4.74 Å². The van der Waals surface area contributed by atoms with E-state index in [2.05, 4.69) is 0 Å². The normalized spacial score (nSPS) is 24.7. The second-order valence-electron chi connectivity index (χ2n) is 4.77. The summed E-state index contributed by atoms with van der Waals surface area (Å²) in [6.45, 7) is 3.01. The molecule has 2 rings (SSSR count). The molecule has 0 bridgehead atoms. The largest absolute Gasteiger partial charge is 0.377 e. The fraction of sp³-hybridized carbons (Fsp3) is 1.00. The number of hydrogen-bond acceptors (Lipinski definition) is 3. The zero-order chi connectivity index (χ0) is 13.0. The van der Waals surface area contributed by atoms with Crippen LogP contribution in [0.2, 0.25) is 0 Å². The van der Waals surface area contributed by atoms with Gasteiger partial charge in [-0.25, -0.2) is 0 Å². The summed E-state index contributed by atoms with van der Waals surface area (Å²) in [4.78, 5) is 0. The van der Waals surface area contributed by atoms with Crippen molar-refractivity contribution >= 4 is 21.8 Å². The Labute approximate surface area is 114 Å². The third-order valence-corrected chi connectivity index (χ3v) is 5.74. The van der Waals surface area contributed by atoms with Gasteiger partial charge in [0, 0.05) is 32.1 Å². The van der Waals surface area contributed by atoms with Crippen LogP contribution >= 0.6 is 11.6 Å². The Morgan fingerprint density at radius 3 is 2.17 bits per heavy atom. The van der Waals surface area contributed by atoms with Crippen molar-refractivity contribution in [2.75, 3.05) is 38.7 Å². The molecular weight excluding hydrogens is 276 g/mol. The fourth-order valence-corrected chi connectivity index (χ4v) is 4.33. The lowest BCUT2D eigenvalue weighted by molar-refractivity contribution is 0.0293. The first-order valence-corrected chi connectivity index (χ1v) is 8.50. The van der Waals surface area contributed by atoms with Gasteiger partial charge in [-0.15, -0.1) is 11.6 Å². The van der Waals surface area contributed by atoms with Crippen LogP contribution in [0.25, 0.3) is 0 Å². The van der Waals surface area contributed by atoms with E-state index in [0.717, 1.165) is 25.7 Å². The Bertz CT molecular complexity index is 349. The summed E-state index contributed by atoms with van der Waals surface area (Å²) in [6.07, 6.45) is 3.66. The van der Waals surface area contributed by atoms with Gasteiger partial charge in [-0.3, -0.25) is 0 Å². The van der Waals surface area contributed by atoms with E-state index < -0.39 is 10.2 Å². The lowest BCUT2D eigenvalue weighted by Gasteiger charge is -2.33. The molecule has 0 unspecified atom stereocenters. The average molecular weight is 297 g/mol. The van der Waals surface area contributed by atoms with Crippen molar-refractivity contribution in [1.82, 2.24) is 8.61 Å².